The highest BCUT2D eigenvalue weighted by Crippen LogP contribution is 2.21. The maximum Gasteiger partial charge on any atom is 0.280 e. The van der Waals surface area contributed by atoms with E-state index in [1.54, 1.807) is 38.1 Å². The number of phenolic OH excluding ortho intramolecular Hbond substituents is 1. The summed E-state index contributed by atoms with van der Waals surface area (Å²) in [5.74, 6) is 0.477. The van der Waals surface area contributed by atoms with Gasteiger partial charge in [-0.15, -0.1) is 0 Å². The normalized spacial score (nSPS) is 12.6. The average Bonchev–Trinajstić information content (AvgIpc) is 2.66. The standard InChI is InChI=1S/C21H20N2O3/c1-14(16-7-10-19(24)11-8-16)22-23-21(25)15(2)26-20-12-9-17-5-3-4-6-18(17)13-20/h3-13,15,24H,1-2H3,(H,23,25)/b22-14+/t15-/m0/s1. The SMILES string of the molecule is C/C(=N\NC(=O)[C@H](C)Oc1ccc2ccccc2c1)c1ccc(O)cc1. The predicted molar refractivity (Wildman–Crippen MR) is 102 cm³/mol. The zero-order chi connectivity index (χ0) is 18.5. The summed E-state index contributed by atoms with van der Waals surface area (Å²) >= 11 is 0. The Morgan fingerprint density at radius 3 is 2.46 bits per heavy atom. The molecule has 0 aliphatic heterocycles. The first-order chi connectivity index (χ1) is 12.5. The maximum atomic E-state index is 12.2. The molecule has 0 unspecified atom stereocenters. The van der Waals surface area contributed by atoms with Gasteiger partial charge < -0.3 is 9.84 Å². The lowest BCUT2D eigenvalue weighted by atomic mass is 10.1. The molecule has 3 aromatic carbocycles. The zero-order valence-corrected chi connectivity index (χ0v) is 14.6. The third kappa shape index (κ3) is 4.19. The highest BCUT2D eigenvalue weighted by atomic mass is 16.5. The lowest BCUT2D eigenvalue weighted by Gasteiger charge is -2.14. The van der Waals surface area contributed by atoms with Crippen molar-refractivity contribution in [3.63, 3.8) is 0 Å². The van der Waals surface area contributed by atoms with Crippen molar-refractivity contribution in [2.24, 2.45) is 5.10 Å². The van der Waals surface area contributed by atoms with Gasteiger partial charge in [-0.2, -0.15) is 5.10 Å². The highest BCUT2D eigenvalue weighted by Gasteiger charge is 2.14. The van der Waals surface area contributed by atoms with Crippen LogP contribution in [0.25, 0.3) is 10.8 Å². The van der Waals surface area contributed by atoms with Crippen LogP contribution >= 0.6 is 0 Å². The molecule has 0 heterocycles. The Bertz CT molecular complexity index is 949. The van der Waals surface area contributed by atoms with E-state index in [1.807, 2.05) is 42.5 Å². The number of hydrogen-bond acceptors (Lipinski definition) is 4. The number of carbonyl (C=O) groups is 1. The number of nitrogens with one attached hydrogen (secondary N) is 1. The summed E-state index contributed by atoms with van der Waals surface area (Å²) in [6.07, 6.45) is -0.687. The molecule has 0 radical (unpaired) electrons. The Morgan fingerprint density at radius 1 is 1.04 bits per heavy atom. The van der Waals surface area contributed by atoms with E-state index in [0.29, 0.717) is 11.5 Å². The summed E-state index contributed by atoms with van der Waals surface area (Å²) < 4.78 is 5.72. The van der Waals surface area contributed by atoms with Gasteiger partial charge in [-0.05, 0) is 66.6 Å². The van der Waals surface area contributed by atoms with Crippen molar-refractivity contribution >= 4 is 22.4 Å². The Hall–Kier alpha value is -3.34. The van der Waals surface area contributed by atoms with Crippen LogP contribution in [0.2, 0.25) is 0 Å². The first kappa shape index (κ1) is 17.5. The summed E-state index contributed by atoms with van der Waals surface area (Å²) in [4.78, 5) is 12.2. The molecule has 0 fully saturated rings. The van der Waals surface area contributed by atoms with Crippen molar-refractivity contribution in [1.29, 1.82) is 0 Å². The number of amides is 1. The molecule has 132 valence electrons. The number of benzene rings is 3. The van der Waals surface area contributed by atoms with Gasteiger partial charge >= 0.3 is 0 Å². The Balaban J connectivity index is 1.63. The van der Waals surface area contributed by atoms with Gasteiger partial charge in [0, 0.05) is 0 Å². The van der Waals surface area contributed by atoms with Gasteiger partial charge in [0.1, 0.15) is 11.5 Å². The Labute approximate surface area is 151 Å². The van der Waals surface area contributed by atoms with E-state index in [1.165, 1.54) is 0 Å². The van der Waals surface area contributed by atoms with E-state index in [-0.39, 0.29) is 11.7 Å². The van der Waals surface area contributed by atoms with Crippen molar-refractivity contribution in [1.82, 2.24) is 5.43 Å². The van der Waals surface area contributed by atoms with Crippen LogP contribution in [0, 0.1) is 0 Å². The summed E-state index contributed by atoms with van der Waals surface area (Å²) in [6, 6.07) is 20.3. The molecule has 2 N–H and O–H groups in total. The van der Waals surface area contributed by atoms with Gasteiger partial charge in [-0.1, -0.05) is 30.3 Å². The van der Waals surface area contributed by atoms with Crippen LogP contribution < -0.4 is 10.2 Å². The topological polar surface area (TPSA) is 70.9 Å². The second kappa shape index (κ2) is 7.70. The Kier molecular flexibility index (Phi) is 5.17. The number of hydrazone groups is 1. The van der Waals surface area contributed by atoms with Gasteiger partial charge in [0.15, 0.2) is 6.10 Å². The molecule has 3 aromatic rings. The second-order valence-electron chi connectivity index (χ2n) is 5.99. The zero-order valence-electron chi connectivity index (χ0n) is 14.6. The Morgan fingerprint density at radius 2 is 1.73 bits per heavy atom. The van der Waals surface area contributed by atoms with E-state index >= 15 is 0 Å². The minimum absolute atomic E-state index is 0.183. The molecule has 1 atom stereocenters. The molecule has 26 heavy (non-hydrogen) atoms. The van der Waals surface area contributed by atoms with Crippen LogP contribution in [0.1, 0.15) is 19.4 Å². The summed E-state index contributed by atoms with van der Waals surface area (Å²) in [5.41, 5.74) is 3.96. The monoisotopic (exact) mass is 348 g/mol. The van der Waals surface area contributed by atoms with E-state index in [2.05, 4.69) is 10.5 Å². The predicted octanol–water partition coefficient (Wildman–Crippen LogP) is 3.85. The lowest BCUT2D eigenvalue weighted by molar-refractivity contribution is -0.127. The van der Waals surface area contributed by atoms with Crippen LogP contribution in [0.3, 0.4) is 0 Å². The fourth-order valence-electron chi connectivity index (χ4n) is 2.50. The fourth-order valence-corrected chi connectivity index (χ4v) is 2.50. The number of phenols is 1. The van der Waals surface area contributed by atoms with Crippen LogP contribution in [0.15, 0.2) is 71.8 Å². The number of carbonyl (C=O) groups excluding carboxylic acids is 1. The van der Waals surface area contributed by atoms with Crippen molar-refractivity contribution < 1.29 is 14.6 Å². The summed E-state index contributed by atoms with van der Waals surface area (Å²) in [7, 11) is 0. The maximum absolute atomic E-state index is 12.2. The largest absolute Gasteiger partial charge is 0.508 e. The number of fused-ring (bicyclic) bond motifs is 1. The first-order valence-electron chi connectivity index (χ1n) is 8.32. The number of ether oxygens (including phenoxy) is 1. The van der Waals surface area contributed by atoms with Gasteiger partial charge in [0.25, 0.3) is 5.91 Å². The number of rotatable bonds is 5. The molecular formula is C21H20N2O3. The fraction of sp³-hybridized carbons (Fsp3) is 0.143. The van der Waals surface area contributed by atoms with E-state index < -0.39 is 6.10 Å². The molecule has 0 bridgehead atoms. The molecule has 3 rings (SSSR count). The summed E-state index contributed by atoms with van der Waals surface area (Å²) in [6.45, 7) is 3.46. The van der Waals surface area contributed by atoms with Crippen LogP contribution in [-0.4, -0.2) is 22.8 Å². The third-order valence-corrected chi connectivity index (χ3v) is 4.02. The molecule has 1 amide bonds. The van der Waals surface area contributed by atoms with E-state index in [9.17, 15) is 9.90 Å². The molecule has 0 spiro atoms. The molecular weight excluding hydrogens is 328 g/mol. The minimum atomic E-state index is -0.687. The number of aromatic hydroxyl groups is 1. The molecule has 5 heteroatoms. The molecule has 5 nitrogen and oxygen atoms in total. The lowest BCUT2D eigenvalue weighted by Crippen LogP contribution is -2.33. The van der Waals surface area contributed by atoms with Crippen LogP contribution in [0.4, 0.5) is 0 Å². The smallest absolute Gasteiger partial charge is 0.280 e. The highest BCUT2D eigenvalue weighted by molar-refractivity contribution is 5.99. The quantitative estimate of drug-likeness (QED) is 0.543. The van der Waals surface area contributed by atoms with Crippen molar-refractivity contribution in [3.05, 3.63) is 72.3 Å². The van der Waals surface area contributed by atoms with Crippen molar-refractivity contribution in [2.45, 2.75) is 20.0 Å². The third-order valence-electron chi connectivity index (χ3n) is 4.02. The van der Waals surface area contributed by atoms with Gasteiger partial charge in [0.05, 0.1) is 5.71 Å². The van der Waals surface area contributed by atoms with Crippen molar-refractivity contribution in [3.8, 4) is 11.5 Å². The van der Waals surface area contributed by atoms with Crippen LogP contribution in [0.5, 0.6) is 11.5 Å². The minimum Gasteiger partial charge on any atom is -0.508 e. The number of hydrogen-bond donors (Lipinski definition) is 2. The van der Waals surface area contributed by atoms with Gasteiger partial charge in [0.2, 0.25) is 0 Å². The van der Waals surface area contributed by atoms with E-state index in [0.717, 1.165) is 16.3 Å². The average molecular weight is 348 g/mol. The van der Waals surface area contributed by atoms with E-state index in [4.69, 9.17) is 4.74 Å². The summed E-state index contributed by atoms with van der Waals surface area (Å²) in [5, 5.41) is 15.6. The number of nitrogens with zero attached hydrogens (tertiary/aromatic N) is 1. The van der Waals surface area contributed by atoms with Gasteiger partial charge in [-0.25, -0.2) is 5.43 Å². The molecule has 0 aromatic heterocycles. The van der Waals surface area contributed by atoms with Gasteiger partial charge in [-0.3, -0.25) is 4.79 Å². The molecule has 0 aliphatic carbocycles. The first-order valence-corrected chi connectivity index (χ1v) is 8.32. The molecule has 0 saturated carbocycles. The van der Waals surface area contributed by atoms with Crippen molar-refractivity contribution in [2.75, 3.05) is 0 Å². The second-order valence-corrected chi connectivity index (χ2v) is 5.99. The van der Waals surface area contributed by atoms with Crippen LogP contribution in [-0.2, 0) is 4.79 Å². The molecule has 0 aliphatic rings. The molecule has 0 saturated heterocycles.